The van der Waals surface area contributed by atoms with E-state index in [9.17, 15) is 4.79 Å². The van der Waals surface area contributed by atoms with Gasteiger partial charge in [-0.1, -0.05) is 18.2 Å². The monoisotopic (exact) mass is 291 g/mol. The maximum absolute atomic E-state index is 11.5. The van der Waals surface area contributed by atoms with E-state index in [0.717, 1.165) is 0 Å². The lowest BCUT2D eigenvalue weighted by Crippen LogP contribution is -2.27. The Hall–Kier alpha value is -3.25. The van der Waals surface area contributed by atoms with Gasteiger partial charge in [0, 0.05) is 5.69 Å². The summed E-state index contributed by atoms with van der Waals surface area (Å²) in [5.41, 5.74) is 1.69. The molecule has 1 heterocycles. The molecule has 0 N–H and O–H groups in total. The first kappa shape index (κ1) is 15.1. The van der Waals surface area contributed by atoms with E-state index in [1.807, 2.05) is 42.5 Å². The van der Waals surface area contributed by atoms with Crippen LogP contribution in [0, 0.1) is 29.6 Å². The van der Waals surface area contributed by atoms with Crippen molar-refractivity contribution in [1.82, 2.24) is 9.97 Å². The first-order chi connectivity index (χ1) is 10.6. The van der Waals surface area contributed by atoms with Gasteiger partial charge in [0.25, 0.3) is 0 Å². The van der Waals surface area contributed by atoms with E-state index in [1.54, 1.807) is 13.8 Å². The van der Waals surface area contributed by atoms with Crippen molar-refractivity contribution < 1.29 is 4.79 Å². The number of nitriles is 2. The number of benzene rings is 1. The van der Waals surface area contributed by atoms with Gasteiger partial charge in [-0.2, -0.15) is 10.5 Å². The second-order valence-electron chi connectivity index (χ2n) is 4.64. The highest BCUT2D eigenvalue weighted by Gasteiger charge is 2.21. The van der Waals surface area contributed by atoms with Crippen molar-refractivity contribution >= 4 is 12.1 Å². The van der Waals surface area contributed by atoms with Crippen molar-refractivity contribution in [3.63, 3.8) is 0 Å². The molecule has 0 radical (unpaired) electrons. The zero-order chi connectivity index (χ0) is 16.1. The number of carbonyl (C=O) groups excluding carboxylic acids is 1. The molecule has 0 fully saturated rings. The van der Waals surface area contributed by atoms with Gasteiger partial charge in [0.1, 0.15) is 12.1 Å². The molecule has 0 aliphatic carbocycles. The summed E-state index contributed by atoms with van der Waals surface area (Å²) in [5.74, 6) is 0. The van der Waals surface area contributed by atoms with Crippen molar-refractivity contribution in [3.05, 3.63) is 53.1 Å². The molecule has 108 valence electrons. The molecular weight excluding hydrogens is 278 g/mol. The van der Waals surface area contributed by atoms with Crippen LogP contribution in [0.2, 0.25) is 0 Å². The smallest absolute Gasteiger partial charge is 0.214 e. The molecule has 0 spiro atoms. The molecule has 0 saturated carbocycles. The Morgan fingerprint density at radius 3 is 2.27 bits per heavy atom. The lowest BCUT2D eigenvalue weighted by Gasteiger charge is -2.25. The van der Waals surface area contributed by atoms with Crippen LogP contribution in [0.15, 0.2) is 30.3 Å². The van der Waals surface area contributed by atoms with E-state index >= 15 is 0 Å². The molecule has 2 rings (SSSR count). The van der Waals surface area contributed by atoms with E-state index in [-0.39, 0.29) is 11.4 Å². The fraction of sp³-hybridized carbons (Fsp3) is 0.188. The molecule has 1 unspecified atom stereocenters. The molecule has 0 bridgehead atoms. The molecule has 1 atom stereocenters. The topological polar surface area (TPSA) is 93.7 Å². The summed E-state index contributed by atoms with van der Waals surface area (Å²) in [6.45, 7) is 3.50. The molecule has 0 aliphatic heterocycles. The summed E-state index contributed by atoms with van der Waals surface area (Å²) in [5, 5.41) is 18.0. The van der Waals surface area contributed by atoms with E-state index in [2.05, 4.69) is 9.97 Å². The van der Waals surface area contributed by atoms with Crippen molar-refractivity contribution in [2.24, 2.45) is 0 Å². The number of hydrogen-bond acceptors (Lipinski definition) is 5. The van der Waals surface area contributed by atoms with Gasteiger partial charge in [-0.25, -0.2) is 9.97 Å². The van der Waals surface area contributed by atoms with Crippen LogP contribution in [0.4, 0.5) is 5.69 Å². The lowest BCUT2D eigenvalue weighted by molar-refractivity contribution is -0.107. The van der Waals surface area contributed by atoms with E-state index < -0.39 is 6.04 Å². The normalized spacial score (nSPS) is 11.1. The van der Waals surface area contributed by atoms with Crippen LogP contribution in [-0.2, 0) is 4.79 Å². The third kappa shape index (κ3) is 2.77. The number of rotatable bonds is 4. The van der Waals surface area contributed by atoms with Crippen LogP contribution in [0.3, 0.4) is 0 Å². The molecule has 0 saturated heterocycles. The highest BCUT2D eigenvalue weighted by molar-refractivity contribution is 5.76. The van der Waals surface area contributed by atoms with Gasteiger partial charge in [0.05, 0.1) is 17.4 Å². The highest BCUT2D eigenvalue weighted by atomic mass is 16.1. The molecule has 0 aliphatic rings. The minimum absolute atomic E-state index is 0.00619. The Labute approximate surface area is 128 Å². The molecule has 1 aromatic carbocycles. The lowest BCUT2D eigenvalue weighted by atomic mass is 10.1. The number of aromatic nitrogens is 2. The minimum Gasteiger partial charge on any atom is -0.306 e. The van der Waals surface area contributed by atoms with Gasteiger partial charge in [-0.3, -0.25) is 4.79 Å². The Balaban J connectivity index is 2.49. The van der Waals surface area contributed by atoms with Crippen LogP contribution < -0.4 is 4.90 Å². The van der Waals surface area contributed by atoms with E-state index in [0.29, 0.717) is 23.5 Å². The number of amides is 1. The maximum atomic E-state index is 11.5. The minimum atomic E-state index is -0.410. The summed E-state index contributed by atoms with van der Waals surface area (Å²) in [7, 11) is 0. The standard InChI is InChI=1S/C16H13N5O/c1-11-16(20-15(9-18)14(8-17)19-11)12(2)21(10-22)13-6-4-3-5-7-13/h3-7,10,12H,1-2H3. The fourth-order valence-electron chi connectivity index (χ4n) is 2.19. The van der Waals surface area contributed by atoms with Crippen LogP contribution in [-0.4, -0.2) is 16.4 Å². The fourth-order valence-corrected chi connectivity index (χ4v) is 2.19. The van der Waals surface area contributed by atoms with Crippen molar-refractivity contribution in [2.45, 2.75) is 19.9 Å². The van der Waals surface area contributed by atoms with Gasteiger partial charge in [0.15, 0.2) is 11.4 Å². The Bertz CT molecular complexity index is 774. The van der Waals surface area contributed by atoms with Crippen molar-refractivity contribution in [2.75, 3.05) is 4.90 Å². The van der Waals surface area contributed by atoms with Crippen LogP contribution >= 0.6 is 0 Å². The molecular formula is C16H13N5O. The van der Waals surface area contributed by atoms with E-state index in [1.165, 1.54) is 4.90 Å². The average Bonchev–Trinajstić information content (AvgIpc) is 2.56. The number of anilines is 1. The Morgan fingerprint density at radius 2 is 1.73 bits per heavy atom. The molecule has 1 amide bonds. The Morgan fingerprint density at radius 1 is 1.14 bits per heavy atom. The van der Waals surface area contributed by atoms with Gasteiger partial charge < -0.3 is 4.90 Å². The van der Waals surface area contributed by atoms with Gasteiger partial charge >= 0.3 is 0 Å². The summed E-state index contributed by atoms with van der Waals surface area (Å²) in [4.78, 5) is 21.3. The number of hydrogen-bond donors (Lipinski definition) is 0. The second kappa shape index (κ2) is 6.47. The largest absolute Gasteiger partial charge is 0.306 e. The highest BCUT2D eigenvalue weighted by Crippen LogP contribution is 2.26. The number of para-hydroxylation sites is 1. The Kier molecular flexibility index (Phi) is 4.45. The number of nitrogens with zero attached hydrogens (tertiary/aromatic N) is 5. The third-order valence-electron chi connectivity index (χ3n) is 3.30. The zero-order valence-corrected chi connectivity index (χ0v) is 12.2. The summed E-state index contributed by atoms with van der Waals surface area (Å²) >= 11 is 0. The van der Waals surface area contributed by atoms with Crippen molar-refractivity contribution in [1.29, 1.82) is 10.5 Å². The third-order valence-corrected chi connectivity index (χ3v) is 3.30. The first-order valence-electron chi connectivity index (χ1n) is 6.59. The van der Waals surface area contributed by atoms with Crippen LogP contribution in [0.5, 0.6) is 0 Å². The van der Waals surface area contributed by atoms with Crippen LogP contribution in [0.1, 0.15) is 35.7 Å². The van der Waals surface area contributed by atoms with Gasteiger partial charge in [0.2, 0.25) is 6.41 Å². The molecule has 1 aromatic heterocycles. The summed E-state index contributed by atoms with van der Waals surface area (Å²) in [6.07, 6.45) is 0.714. The summed E-state index contributed by atoms with van der Waals surface area (Å²) < 4.78 is 0. The quantitative estimate of drug-likeness (QED) is 0.805. The number of aryl methyl sites for hydroxylation is 1. The number of carbonyl (C=O) groups is 1. The van der Waals surface area contributed by atoms with Crippen LogP contribution in [0.25, 0.3) is 0 Å². The first-order valence-corrected chi connectivity index (χ1v) is 6.59. The molecule has 6 heteroatoms. The second-order valence-corrected chi connectivity index (χ2v) is 4.64. The molecule has 6 nitrogen and oxygen atoms in total. The summed E-state index contributed by atoms with van der Waals surface area (Å²) in [6, 6.07) is 12.4. The molecule has 2 aromatic rings. The van der Waals surface area contributed by atoms with E-state index in [4.69, 9.17) is 10.5 Å². The van der Waals surface area contributed by atoms with Gasteiger partial charge in [-0.15, -0.1) is 0 Å². The zero-order valence-electron chi connectivity index (χ0n) is 12.2. The van der Waals surface area contributed by atoms with Crippen molar-refractivity contribution in [3.8, 4) is 12.1 Å². The predicted molar refractivity (Wildman–Crippen MR) is 79.6 cm³/mol. The van der Waals surface area contributed by atoms with Gasteiger partial charge in [-0.05, 0) is 26.0 Å². The predicted octanol–water partition coefficient (Wildman–Crippen LogP) is 2.25. The molecule has 22 heavy (non-hydrogen) atoms. The maximum Gasteiger partial charge on any atom is 0.214 e. The average molecular weight is 291 g/mol. The SMILES string of the molecule is Cc1nc(C#N)c(C#N)nc1C(C)N(C=O)c1ccccc1.